The number of halogens is 4. The van der Waals surface area contributed by atoms with Gasteiger partial charge in [0.25, 0.3) is 5.69 Å². The average molecular weight is 392 g/mol. The highest BCUT2D eigenvalue weighted by Gasteiger charge is 2.32. The number of non-ortho nitro benzene ring substituents is 1. The van der Waals surface area contributed by atoms with Crippen molar-refractivity contribution in [2.75, 3.05) is 11.9 Å². The number of nitro benzene ring substituents is 1. The van der Waals surface area contributed by atoms with Gasteiger partial charge in [0, 0.05) is 18.3 Å². The molecule has 3 N–H and O–H groups in total. The Morgan fingerprint density at radius 1 is 1.31 bits per heavy atom. The fourth-order valence-electron chi connectivity index (χ4n) is 2.12. The molecule has 0 amide bonds. The Bertz CT molecular complexity index is 787. The molecular formula is C15H13ClF3N3O4. The Hall–Kier alpha value is -2.43. The van der Waals surface area contributed by atoms with Crippen LogP contribution >= 0.6 is 11.6 Å². The zero-order valence-electron chi connectivity index (χ0n) is 12.9. The van der Waals surface area contributed by atoms with E-state index in [-0.39, 0.29) is 22.1 Å². The van der Waals surface area contributed by atoms with Crippen LogP contribution in [-0.4, -0.2) is 32.8 Å². The monoisotopic (exact) mass is 391 g/mol. The lowest BCUT2D eigenvalue weighted by Crippen LogP contribution is -2.31. The third-order valence-corrected chi connectivity index (χ3v) is 3.80. The van der Waals surface area contributed by atoms with Crippen molar-refractivity contribution >= 4 is 23.1 Å². The van der Waals surface area contributed by atoms with Crippen molar-refractivity contribution in [2.45, 2.75) is 18.3 Å². The van der Waals surface area contributed by atoms with E-state index in [2.05, 4.69) is 10.3 Å². The van der Waals surface area contributed by atoms with E-state index in [9.17, 15) is 33.5 Å². The summed E-state index contributed by atoms with van der Waals surface area (Å²) in [6.45, 7) is -0.600. The molecule has 0 saturated carbocycles. The van der Waals surface area contributed by atoms with Gasteiger partial charge in [-0.05, 0) is 23.8 Å². The number of anilines is 1. The van der Waals surface area contributed by atoms with Gasteiger partial charge in [-0.3, -0.25) is 10.1 Å². The molecule has 1 aromatic carbocycles. The highest BCUT2D eigenvalue weighted by molar-refractivity contribution is 6.33. The van der Waals surface area contributed by atoms with Crippen LogP contribution in [0.4, 0.5) is 24.7 Å². The van der Waals surface area contributed by atoms with Crippen LogP contribution < -0.4 is 5.32 Å². The van der Waals surface area contributed by atoms with Crippen molar-refractivity contribution in [3.05, 3.63) is 62.8 Å². The van der Waals surface area contributed by atoms with Crippen molar-refractivity contribution in [1.82, 2.24) is 4.98 Å². The van der Waals surface area contributed by atoms with Gasteiger partial charge in [0.1, 0.15) is 11.9 Å². The van der Waals surface area contributed by atoms with E-state index >= 15 is 0 Å². The molecule has 140 valence electrons. The normalized spacial score (nSPS) is 13.9. The number of hydrogen-bond acceptors (Lipinski definition) is 6. The van der Waals surface area contributed by atoms with Gasteiger partial charge in [0.15, 0.2) is 0 Å². The van der Waals surface area contributed by atoms with Crippen LogP contribution in [-0.2, 0) is 6.18 Å². The molecule has 1 aromatic heterocycles. The largest absolute Gasteiger partial charge is 0.417 e. The molecule has 2 rings (SSSR count). The summed E-state index contributed by atoms with van der Waals surface area (Å²) in [6.07, 6.45) is -5.36. The number of aromatic nitrogens is 1. The molecule has 1 heterocycles. The minimum Gasteiger partial charge on any atom is -0.394 e. The van der Waals surface area contributed by atoms with Crippen molar-refractivity contribution in [2.24, 2.45) is 0 Å². The first kappa shape index (κ1) is 19.9. The number of hydrogen-bond donors (Lipinski definition) is 3. The number of aliphatic hydroxyl groups excluding tert-OH is 2. The average Bonchev–Trinajstić information content (AvgIpc) is 2.59. The van der Waals surface area contributed by atoms with Gasteiger partial charge in [-0.25, -0.2) is 4.98 Å². The zero-order chi connectivity index (χ0) is 19.5. The highest BCUT2D eigenvalue weighted by atomic mass is 35.5. The SMILES string of the molecule is O=[N+]([O-])c1ccc([C@H](O)[C@@H](CO)Nc2ncc(C(F)(F)F)cc2Cl)cc1. The molecule has 0 spiro atoms. The van der Waals surface area contributed by atoms with Gasteiger partial charge >= 0.3 is 6.18 Å². The summed E-state index contributed by atoms with van der Waals surface area (Å²) in [5.74, 6) is -0.153. The van der Waals surface area contributed by atoms with Gasteiger partial charge in [0.2, 0.25) is 0 Å². The smallest absolute Gasteiger partial charge is 0.394 e. The van der Waals surface area contributed by atoms with E-state index in [0.29, 0.717) is 12.3 Å². The Kier molecular flexibility index (Phi) is 6.01. The fraction of sp³-hybridized carbons (Fsp3) is 0.267. The second-order valence-corrected chi connectivity index (χ2v) is 5.69. The van der Waals surface area contributed by atoms with Gasteiger partial charge in [-0.15, -0.1) is 0 Å². The van der Waals surface area contributed by atoms with Crippen LogP contribution in [0.5, 0.6) is 0 Å². The standard InChI is InChI=1S/C15H13ClF3N3O4/c16-11-5-9(15(17,18)19)6-20-14(11)21-12(7-23)13(24)8-1-3-10(4-2-8)22(25)26/h1-6,12-13,23-24H,7H2,(H,20,21)/t12-,13+/m1/s1. The molecule has 0 aliphatic rings. The Labute approximate surface area is 150 Å². The third-order valence-electron chi connectivity index (χ3n) is 3.51. The van der Waals surface area contributed by atoms with Crippen LogP contribution in [0.3, 0.4) is 0 Å². The van der Waals surface area contributed by atoms with Crippen molar-refractivity contribution in [3.63, 3.8) is 0 Å². The lowest BCUT2D eigenvalue weighted by molar-refractivity contribution is -0.384. The third kappa shape index (κ3) is 4.59. The summed E-state index contributed by atoms with van der Waals surface area (Å²) in [5, 5.41) is 32.6. The molecule has 26 heavy (non-hydrogen) atoms. The van der Waals surface area contributed by atoms with Gasteiger partial charge in [0.05, 0.1) is 28.2 Å². The van der Waals surface area contributed by atoms with Crippen LogP contribution in [0, 0.1) is 10.1 Å². The van der Waals surface area contributed by atoms with Crippen molar-refractivity contribution in [3.8, 4) is 0 Å². The van der Waals surface area contributed by atoms with Gasteiger partial charge in [-0.2, -0.15) is 13.2 Å². The lowest BCUT2D eigenvalue weighted by atomic mass is 10.0. The molecule has 0 fully saturated rings. The molecule has 2 atom stereocenters. The summed E-state index contributed by atoms with van der Waals surface area (Å²) in [6, 6.07) is 4.57. The molecule has 11 heteroatoms. The second kappa shape index (κ2) is 7.85. The fourth-order valence-corrected chi connectivity index (χ4v) is 2.35. The van der Waals surface area contributed by atoms with Crippen LogP contribution in [0.2, 0.25) is 5.02 Å². The van der Waals surface area contributed by atoms with E-state index in [1.165, 1.54) is 24.3 Å². The lowest BCUT2D eigenvalue weighted by Gasteiger charge is -2.23. The highest BCUT2D eigenvalue weighted by Crippen LogP contribution is 2.33. The molecule has 0 bridgehead atoms. The topological polar surface area (TPSA) is 109 Å². The molecule has 7 nitrogen and oxygen atoms in total. The second-order valence-electron chi connectivity index (χ2n) is 5.28. The minimum absolute atomic E-state index is 0.153. The van der Waals surface area contributed by atoms with E-state index in [4.69, 9.17) is 11.6 Å². The summed E-state index contributed by atoms with van der Waals surface area (Å²) in [7, 11) is 0. The van der Waals surface area contributed by atoms with Crippen molar-refractivity contribution < 1.29 is 28.3 Å². The Morgan fingerprint density at radius 3 is 2.38 bits per heavy atom. The molecular weight excluding hydrogens is 379 g/mol. The predicted octanol–water partition coefficient (Wildman–Crippen LogP) is 3.17. The van der Waals surface area contributed by atoms with Crippen LogP contribution in [0.15, 0.2) is 36.5 Å². The molecule has 0 saturated heterocycles. The quantitative estimate of drug-likeness (QED) is 0.515. The maximum atomic E-state index is 12.6. The number of nitrogens with one attached hydrogen (secondary N) is 1. The van der Waals surface area contributed by atoms with Gasteiger partial charge in [-0.1, -0.05) is 11.6 Å². The summed E-state index contributed by atoms with van der Waals surface area (Å²) >= 11 is 5.78. The number of aliphatic hydroxyl groups is 2. The zero-order valence-corrected chi connectivity index (χ0v) is 13.7. The first-order chi connectivity index (χ1) is 12.1. The summed E-state index contributed by atoms with van der Waals surface area (Å²) in [4.78, 5) is 13.6. The maximum absolute atomic E-state index is 12.6. The first-order valence-corrected chi connectivity index (χ1v) is 7.54. The summed E-state index contributed by atoms with van der Waals surface area (Å²) in [5.41, 5.74) is -0.961. The Balaban J connectivity index is 2.19. The number of pyridine rings is 1. The molecule has 2 aromatic rings. The van der Waals surface area contributed by atoms with Gasteiger partial charge < -0.3 is 15.5 Å². The van der Waals surface area contributed by atoms with Crippen LogP contribution in [0.25, 0.3) is 0 Å². The molecule has 0 aliphatic carbocycles. The van der Waals surface area contributed by atoms with E-state index in [1.54, 1.807) is 0 Å². The summed E-state index contributed by atoms with van der Waals surface area (Å²) < 4.78 is 37.9. The van der Waals surface area contributed by atoms with E-state index in [1.807, 2.05) is 0 Å². The van der Waals surface area contributed by atoms with Crippen molar-refractivity contribution in [1.29, 1.82) is 0 Å². The first-order valence-electron chi connectivity index (χ1n) is 7.16. The van der Waals surface area contributed by atoms with Crippen LogP contribution in [0.1, 0.15) is 17.2 Å². The number of alkyl halides is 3. The number of rotatable bonds is 6. The van der Waals surface area contributed by atoms with E-state index < -0.39 is 35.4 Å². The maximum Gasteiger partial charge on any atom is 0.417 e. The predicted molar refractivity (Wildman–Crippen MR) is 86.8 cm³/mol. The number of benzene rings is 1. The molecule has 0 radical (unpaired) electrons. The molecule has 0 unspecified atom stereocenters. The minimum atomic E-state index is -4.61. The number of nitrogens with zero attached hydrogens (tertiary/aromatic N) is 2. The number of nitro groups is 1. The van der Waals surface area contributed by atoms with E-state index in [0.717, 1.165) is 0 Å². The Morgan fingerprint density at radius 2 is 1.92 bits per heavy atom. The molecule has 0 aliphatic heterocycles.